The second kappa shape index (κ2) is 6.16. The van der Waals surface area contributed by atoms with Gasteiger partial charge in [0.15, 0.2) is 0 Å². The second-order valence-electron chi connectivity index (χ2n) is 4.62. The highest BCUT2D eigenvalue weighted by Gasteiger charge is 2.18. The van der Waals surface area contributed by atoms with E-state index in [4.69, 9.17) is 5.26 Å². The number of nitriles is 1. The summed E-state index contributed by atoms with van der Waals surface area (Å²) >= 11 is 0. The van der Waals surface area contributed by atoms with Crippen LogP contribution < -0.4 is 10.6 Å². The average molecular weight is 260 g/mol. The smallest absolute Gasteiger partial charge is 0.293 e. The van der Waals surface area contributed by atoms with Crippen molar-refractivity contribution < 1.29 is 4.92 Å². The highest BCUT2D eigenvalue weighted by atomic mass is 16.6. The first-order chi connectivity index (χ1) is 9.20. The molecule has 1 heterocycles. The number of nitrogens with one attached hydrogen (secondary N) is 2. The Balaban J connectivity index is 2.19. The molecule has 0 radical (unpaired) electrons. The summed E-state index contributed by atoms with van der Waals surface area (Å²) in [5.41, 5.74) is 0.770. The van der Waals surface area contributed by atoms with Gasteiger partial charge in [0.25, 0.3) is 5.69 Å². The van der Waals surface area contributed by atoms with Gasteiger partial charge in [-0.05, 0) is 44.5 Å². The van der Waals surface area contributed by atoms with E-state index in [1.807, 2.05) is 6.07 Å². The number of nitro groups is 1. The van der Waals surface area contributed by atoms with Gasteiger partial charge < -0.3 is 10.6 Å². The van der Waals surface area contributed by atoms with Crippen molar-refractivity contribution in [3.8, 4) is 6.07 Å². The molecule has 0 aliphatic carbocycles. The summed E-state index contributed by atoms with van der Waals surface area (Å²) in [4.78, 5) is 10.6. The van der Waals surface area contributed by atoms with Gasteiger partial charge in [-0.1, -0.05) is 0 Å². The number of nitrogens with zero attached hydrogens (tertiary/aromatic N) is 2. The first-order valence-corrected chi connectivity index (χ1v) is 6.36. The van der Waals surface area contributed by atoms with E-state index in [1.54, 1.807) is 12.1 Å². The van der Waals surface area contributed by atoms with Gasteiger partial charge in [0, 0.05) is 12.1 Å². The van der Waals surface area contributed by atoms with Crippen molar-refractivity contribution in [2.75, 3.05) is 18.4 Å². The van der Waals surface area contributed by atoms with Crippen LogP contribution in [-0.4, -0.2) is 24.1 Å². The zero-order chi connectivity index (χ0) is 13.7. The van der Waals surface area contributed by atoms with Gasteiger partial charge in [0.05, 0.1) is 16.6 Å². The topological polar surface area (TPSA) is 91.0 Å². The molecule has 1 aliphatic rings. The van der Waals surface area contributed by atoms with E-state index >= 15 is 0 Å². The molecule has 1 saturated heterocycles. The molecule has 2 rings (SSSR count). The van der Waals surface area contributed by atoms with Gasteiger partial charge in [-0.25, -0.2) is 0 Å². The summed E-state index contributed by atoms with van der Waals surface area (Å²) in [6, 6.07) is 6.70. The number of anilines is 1. The summed E-state index contributed by atoms with van der Waals surface area (Å²) in [6.07, 6.45) is 2.99. The lowest BCUT2D eigenvalue weighted by Gasteiger charge is -2.17. The molecule has 1 aliphatic heterocycles. The minimum absolute atomic E-state index is 0.0312. The molecule has 6 heteroatoms. The summed E-state index contributed by atoms with van der Waals surface area (Å²) in [6.45, 7) is 1.91. The summed E-state index contributed by atoms with van der Waals surface area (Å²) in [7, 11) is 0. The molecule has 1 atom stereocenters. The van der Waals surface area contributed by atoms with Crippen LogP contribution in [0.25, 0.3) is 0 Å². The third-order valence-corrected chi connectivity index (χ3v) is 3.26. The Bertz CT molecular complexity index is 502. The minimum atomic E-state index is -0.446. The third kappa shape index (κ3) is 3.42. The Morgan fingerprint density at radius 1 is 1.42 bits per heavy atom. The monoisotopic (exact) mass is 260 g/mol. The predicted molar refractivity (Wildman–Crippen MR) is 71.9 cm³/mol. The third-order valence-electron chi connectivity index (χ3n) is 3.26. The van der Waals surface area contributed by atoms with Crippen LogP contribution in [0.15, 0.2) is 18.2 Å². The first kappa shape index (κ1) is 13.3. The first-order valence-electron chi connectivity index (χ1n) is 6.36. The fraction of sp³-hybridized carbons (Fsp3) is 0.462. The van der Waals surface area contributed by atoms with Gasteiger partial charge in [-0.15, -0.1) is 0 Å². The number of hydrogen-bond donors (Lipinski definition) is 2. The Morgan fingerprint density at radius 3 is 3.00 bits per heavy atom. The second-order valence-corrected chi connectivity index (χ2v) is 4.62. The van der Waals surface area contributed by atoms with Crippen molar-refractivity contribution in [2.24, 2.45) is 0 Å². The molecule has 1 aromatic carbocycles. The molecule has 1 unspecified atom stereocenters. The van der Waals surface area contributed by atoms with Crippen molar-refractivity contribution in [3.63, 3.8) is 0 Å². The van der Waals surface area contributed by atoms with Crippen molar-refractivity contribution in [3.05, 3.63) is 33.9 Å². The van der Waals surface area contributed by atoms with Crippen LogP contribution in [0.3, 0.4) is 0 Å². The van der Waals surface area contributed by atoms with Crippen LogP contribution in [0.4, 0.5) is 11.4 Å². The van der Waals surface area contributed by atoms with Crippen LogP contribution in [0.1, 0.15) is 24.8 Å². The zero-order valence-corrected chi connectivity index (χ0v) is 10.6. The molecule has 2 N–H and O–H groups in total. The largest absolute Gasteiger partial charge is 0.377 e. The van der Waals surface area contributed by atoms with Crippen LogP contribution in [0.2, 0.25) is 0 Å². The Morgan fingerprint density at radius 2 is 2.26 bits per heavy atom. The highest BCUT2D eigenvalue weighted by molar-refractivity contribution is 5.64. The zero-order valence-electron chi connectivity index (χ0n) is 10.6. The SMILES string of the molecule is N#Cc1ccc(NC2CCCNCC2)c([N+](=O)[O-])c1. The van der Waals surface area contributed by atoms with Gasteiger partial charge in [-0.3, -0.25) is 10.1 Å². The fourth-order valence-corrected chi connectivity index (χ4v) is 2.26. The maximum atomic E-state index is 11.0. The fourth-order valence-electron chi connectivity index (χ4n) is 2.26. The number of nitro benzene ring substituents is 1. The van der Waals surface area contributed by atoms with Crippen molar-refractivity contribution in [2.45, 2.75) is 25.3 Å². The molecule has 100 valence electrons. The molecule has 6 nitrogen and oxygen atoms in total. The lowest BCUT2D eigenvalue weighted by molar-refractivity contribution is -0.384. The predicted octanol–water partition coefficient (Wildman–Crippen LogP) is 2.02. The molecule has 0 saturated carbocycles. The normalized spacial score (nSPS) is 19.2. The lowest BCUT2D eigenvalue weighted by atomic mass is 10.1. The van der Waals surface area contributed by atoms with Crippen LogP contribution in [0, 0.1) is 21.4 Å². The summed E-state index contributed by atoms with van der Waals surface area (Å²) < 4.78 is 0. The molecule has 19 heavy (non-hydrogen) atoms. The molecule has 0 spiro atoms. The average Bonchev–Trinajstić information content (AvgIpc) is 2.67. The Kier molecular flexibility index (Phi) is 4.31. The van der Waals surface area contributed by atoms with Crippen molar-refractivity contribution in [1.29, 1.82) is 5.26 Å². The molecular formula is C13H16N4O2. The van der Waals surface area contributed by atoms with E-state index in [1.165, 1.54) is 6.07 Å². The quantitative estimate of drug-likeness (QED) is 0.641. The highest BCUT2D eigenvalue weighted by Crippen LogP contribution is 2.27. The standard InChI is InChI=1S/C13H16N4O2/c14-9-10-3-4-12(13(8-10)17(18)19)16-11-2-1-6-15-7-5-11/h3-4,8,11,15-16H,1-2,5-7H2. The van der Waals surface area contributed by atoms with Gasteiger partial charge >= 0.3 is 0 Å². The molecule has 0 amide bonds. The van der Waals surface area contributed by atoms with E-state index < -0.39 is 4.92 Å². The molecule has 1 aromatic rings. The van der Waals surface area contributed by atoms with E-state index in [0.717, 1.165) is 32.4 Å². The summed E-state index contributed by atoms with van der Waals surface area (Å²) in [5.74, 6) is 0. The number of hydrogen-bond acceptors (Lipinski definition) is 5. The van der Waals surface area contributed by atoms with E-state index in [-0.39, 0.29) is 11.7 Å². The maximum absolute atomic E-state index is 11.0. The number of rotatable bonds is 3. The Labute approximate surface area is 111 Å². The van der Waals surface area contributed by atoms with Gasteiger partial charge in [-0.2, -0.15) is 5.26 Å². The van der Waals surface area contributed by atoms with E-state index in [0.29, 0.717) is 11.3 Å². The summed E-state index contributed by atoms with van der Waals surface area (Å²) in [5, 5.41) is 26.4. The van der Waals surface area contributed by atoms with Crippen molar-refractivity contribution >= 4 is 11.4 Å². The van der Waals surface area contributed by atoms with Crippen molar-refractivity contribution in [1.82, 2.24) is 5.32 Å². The molecule has 0 aromatic heterocycles. The van der Waals surface area contributed by atoms with Crippen LogP contribution in [-0.2, 0) is 0 Å². The molecular weight excluding hydrogens is 244 g/mol. The lowest BCUT2D eigenvalue weighted by Crippen LogP contribution is -2.22. The van der Waals surface area contributed by atoms with E-state index in [2.05, 4.69) is 10.6 Å². The van der Waals surface area contributed by atoms with E-state index in [9.17, 15) is 10.1 Å². The van der Waals surface area contributed by atoms with Crippen LogP contribution in [0.5, 0.6) is 0 Å². The number of benzene rings is 1. The molecule has 1 fully saturated rings. The molecule has 0 bridgehead atoms. The maximum Gasteiger partial charge on any atom is 0.293 e. The Hall–Kier alpha value is -2.13. The minimum Gasteiger partial charge on any atom is -0.377 e. The van der Waals surface area contributed by atoms with Crippen LogP contribution >= 0.6 is 0 Å². The van der Waals surface area contributed by atoms with Gasteiger partial charge in [0.1, 0.15) is 5.69 Å². The van der Waals surface area contributed by atoms with Gasteiger partial charge in [0.2, 0.25) is 0 Å².